The Bertz CT molecular complexity index is 539. The van der Waals surface area contributed by atoms with Crippen LogP contribution in [0, 0.1) is 24.7 Å². The molecule has 0 aromatic heterocycles. The maximum Gasteiger partial charge on any atom is 0.252 e. The predicted octanol–water partition coefficient (Wildman–Crippen LogP) is 1.79. The Labute approximate surface area is 124 Å². The van der Waals surface area contributed by atoms with Crippen molar-refractivity contribution in [3.8, 4) is 11.8 Å². The minimum atomic E-state index is -0.0353. The summed E-state index contributed by atoms with van der Waals surface area (Å²) in [7, 11) is 0. The first-order valence-corrected chi connectivity index (χ1v) is 8.01. The topological polar surface area (TPSA) is 55.1 Å². The molecular weight excluding hydrogens is 268 g/mol. The molecule has 1 amide bonds. The maximum absolute atomic E-state index is 12.3. The van der Waals surface area contributed by atoms with Crippen molar-refractivity contribution in [2.45, 2.75) is 13.3 Å². The molecule has 4 heteroatoms. The van der Waals surface area contributed by atoms with Gasteiger partial charge in [0.05, 0.1) is 12.1 Å². The lowest BCUT2D eigenvalue weighted by Gasteiger charge is -2.11. The first-order chi connectivity index (χ1) is 9.70. The highest BCUT2D eigenvalue weighted by Gasteiger charge is 2.17. The van der Waals surface area contributed by atoms with Gasteiger partial charge in [-0.2, -0.15) is 11.8 Å². The van der Waals surface area contributed by atoms with Gasteiger partial charge >= 0.3 is 0 Å². The molecule has 1 aromatic rings. The van der Waals surface area contributed by atoms with Crippen molar-refractivity contribution in [2.24, 2.45) is 11.7 Å². The first kappa shape index (κ1) is 15.0. The Hall–Kier alpha value is -1.44. The third-order valence-corrected chi connectivity index (χ3v) is 4.55. The molecule has 1 heterocycles. The third-order valence-electron chi connectivity index (χ3n) is 3.32. The van der Waals surface area contributed by atoms with Gasteiger partial charge in [0.2, 0.25) is 0 Å². The zero-order valence-corrected chi connectivity index (χ0v) is 12.6. The number of nitrogens with two attached hydrogens (primary N) is 1. The van der Waals surface area contributed by atoms with Crippen molar-refractivity contribution in [1.82, 2.24) is 5.32 Å². The van der Waals surface area contributed by atoms with Crippen LogP contribution in [0.15, 0.2) is 18.2 Å². The number of carbonyl (C=O) groups is 1. The van der Waals surface area contributed by atoms with Gasteiger partial charge in [-0.05, 0) is 42.9 Å². The second-order valence-electron chi connectivity index (χ2n) is 4.99. The normalized spacial score (nSPS) is 17.4. The van der Waals surface area contributed by atoms with E-state index >= 15 is 0 Å². The van der Waals surface area contributed by atoms with E-state index in [9.17, 15) is 4.79 Å². The lowest BCUT2D eigenvalue weighted by molar-refractivity contribution is 0.0948. The average molecular weight is 288 g/mol. The number of amides is 1. The van der Waals surface area contributed by atoms with Gasteiger partial charge in [-0.3, -0.25) is 4.79 Å². The summed E-state index contributed by atoms with van der Waals surface area (Å²) in [5.41, 5.74) is 7.86. The monoisotopic (exact) mass is 288 g/mol. The summed E-state index contributed by atoms with van der Waals surface area (Å²) in [5.74, 6) is 8.70. The van der Waals surface area contributed by atoms with Crippen molar-refractivity contribution < 1.29 is 4.79 Å². The first-order valence-electron chi connectivity index (χ1n) is 6.86. The highest BCUT2D eigenvalue weighted by molar-refractivity contribution is 7.99. The molecule has 0 bridgehead atoms. The van der Waals surface area contributed by atoms with Crippen molar-refractivity contribution in [1.29, 1.82) is 0 Å². The zero-order chi connectivity index (χ0) is 14.4. The molecule has 0 aliphatic carbocycles. The van der Waals surface area contributed by atoms with E-state index in [1.165, 1.54) is 12.2 Å². The number of hydrogen-bond acceptors (Lipinski definition) is 3. The summed E-state index contributed by atoms with van der Waals surface area (Å²) >= 11 is 1.96. The Balaban J connectivity index is 2.08. The zero-order valence-electron chi connectivity index (χ0n) is 11.7. The molecule has 0 saturated carbocycles. The number of aryl methyl sites for hydroxylation is 1. The van der Waals surface area contributed by atoms with Crippen molar-refractivity contribution in [3.05, 3.63) is 34.9 Å². The molecule has 1 aliphatic rings. The number of benzene rings is 1. The summed E-state index contributed by atoms with van der Waals surface area (Å²) in [6.07, 6.45) is 1.19. The van der Waals surface area contributed by atoms with Gasteiger partial charge in [-0.1, -0.05) is 23.5 Å². The standard InChI is InChI=1S/C16H20N2OS/c1-12-4-5-14(3-2-7-17)15(9-12)16(19)18-10-13-6-8-20-11-13/h4-5,9,13H,6-8,10-11,17H2,1H3,(H,18,19). The summed E-state index contributed by atoms with van der Waals surface area (Å²) in [6, 6.07) is 5.74. The highest BCUT2D eigenvalue weighted by Crippen LogP contribution is 2.22. The van der Waals surface area contributed by atoms with E-state index in [2.05, 4.69) is 17.2 Å². The summed E-state index contributed by atoms with van der Waals surface area (Å²) in [6.45, 7) is 3.03. The van der Waals surface area contributed by atoms with Crippen LogP contribution in [-0.4, -0.2) is 30.5 Å². The number of hydrogen-bond donors (Lipinski definition) is 2. The quantitative estimate of drug-likeness (QED) is 0.834. The smallest absolute Gasteiger partial charge is 0.252 e. The molecule has 2 rings (SSSR count). The van der Waals surface area contributed by atoms with E-state index in [1.807, 2.05) is 36.9 Å². The second-order valence-corrected chi connectivity index (χ2v) is 6.14. The van der Waals surface area contributed by atoms with Crippen LogP contribution in [0.25, 0.3) is 0 Å². The van der Waals surface area contributed by atoms with Gasteiger partial charge in [0, 0.05) is 12.1 Å². The van der Waals surface area contributed by atoms with Crippen molar-refractivity contribution in [3.63, 3.8) is 0 Å². The molecule has 1 aliphatic heterocycles. The largest absolute Gasteiger partial charge is 0.352 e. The minimum absolute atomic E-state index is 0.0353. The molecule has 0 spiro atoms. The average Bonchev–Trinajstić information content (AvgIpc) is 2.96. The molecule has 1 saturated heterocycles. The van der Waals surface area contributed by atoms with Crippen LogP contribution in [0.3, 0.4) is 0 Å². The van der Waals surface area contributed by atoms with Gasteiger partial charge in [0.25, 0.3) is 5.91 Å². The lowest BCUT2D eigenvalue weighted by Crippen LogP contribution is -2.29. The number of thioether (sulfide) groups is 1. The number of rotatable bonds is 3. The fraction of sp³-hybridized carbons (Fsp3) is 0.438. The van der Waals surface area contributed by atoms with Crippen LogP contribution in [0.5, 0.6) is 0 Å². The summed E-state index contributed by atoms with van der Waals surface area (Å²) < 4.78 is 0. The number of nitrogens with one attached hydrogen (secondary N) is 1. The van der Waals surface area contributed by atoms with Gasteiger partial charge in [0.15, 0.2) is 0 Å². The molecule has 0 radical (unpaired) electrons. The molecule has 1 unspecified atom stereocenters. The van der Waals surface area contributed by atoms with E-state index in [0.29, 0.717) is 18.0 Å². The van der Waals surface area contributed by atoms with Crippen LogP contribution in [0.2, 0.25) is 0 Å². The van der Waals surface area contributed by atoms with Crippen LogP contribution in [0.1, 0.15) is 27.9 Å². The lowest BCUT2D eigenvalue weighted by atomic mass is 10.0. The molecule has 1 fully saturated rings. The van der Waals surface area contributed by atoms with E-state index in [-0.39, 0.29) is 5.91 Å². The van der Waals surface area contributed by atoms with Crippen LogP contribution in [-0.2, 0) is 0 Å². The minimum Gasteiger partial charge on any atom is -0.352 e. The summed E-state index contributed by atoms with van der Waals surface area (Å²) in [4.78, 5) is 12.3. The Kier molecular flexibility index (Phi) is 5.51. The van der Waals surface area contributed by atoms with Gasteiger partial charge in [-0.15, -0.1) is 0 Å². The molecule has 106 valence electrons. The predicted molar refractivity (Wildman–Crippen MR) is 84.9 cm³/mol. The van der Waals surface area contributed by atoms with Gasteiger partial charge in [0.1, 0.15) is 0 Å². The SMILES string of the molecule is Cc1ccc(C#CCN)c(C(=O)NCC2CCSC2)c1. The molecule has 3 N–H and O–H groups in total. The molecule has 1 aromatic carbocycles. The van der Waals surface area contributed by atoms with E-state index in [4.69, 9.17) is 5.73 Å². The number of carbonyl (C=O) groups excluding carboxylic acids is 1. The van der Waals surface area contributed by atoms with Crippen LogP contribution < -0.4 is 11.1 Å². The van der Waals surface area contributed by atoms with E-state index in [0.717, 1.165) is 23.4 Å². The third kappa shape index (κ3) is 4.03. The van der Waals surface area contributed by atoms with E-state index in [1.54, 1.807) is 0 Å². The second kappa shape index (κ2) is 7.37. The maximum atomic E-state index is 12.3. The Morgan fingerprint density at radius 1 is 1.55 bits per heavy atom. The molecular formula is C16H20N2OS. The Morgan fingerprint density at radius 2 is 2.40 bits per heavy atom. The van der Waals surface area contributed by atoms with E-state index < -0.39 is 0 Å². The Morgan fingerprint density at radius 3 is 3.10 bits per heavy atom. The van der Waals surface area contributed by atoms with Gasteiger partial charge < -0.3 is 11.1 Å². The molecule has 3 nitrogen and oxygen atoms in total. The summed E-state index contributed by atoms with van der Waals surface area (Å²) in [5, 5.41) is 3.03. The van der Waals surface area contributed by atoms with Gasteiger partial charge in [-0.25, -0.2) is 0 Å². The van der Waals surface area contributed by atoms with Crippen LogP contribution in [0.4, 0.5) is 0 Å². The fourth-order valence-electron chi connectivity index (χ4n) is 2.18. The molecule has 1 atom stereocenters. The van der Waals surface area contributed by atoms with Crippen molar-refractivity contribution >= 4 is 17.7 Å². The fourth-order valence-corrected chi connectivity index (χ4v) is 3.46. The van der Waals surface area contributed by atoms with Crippen LogP contribution >= 0.6 is 11.8 Å². The van der Waals surface area contributed by atoms with Crippen molar-refractivity contribution in [2.75, 3.05) is 24.6 Å². The molecule has 20 heavy (non-hydrogen) atoms. The highest BCUT2D eigenvalue weighted by atomic mass is 32.2.